The van der Waals surface area contributed by atoms with E-state index in [1.807, 2.05) is 0 Å². The molecule has 0 saturated carbocycles. The molecule has 0 aliphatic heterocycles. The van der Waals surface area contributed by atoms with Crippen molar-refractivity contribution in [1.82, 2.24) is 4.98 Å². The molecule has 0 aliphatic carbocycles. The second kappa shape index (κ2) is 6.51. The molecule has 0 bridgehead atoms. The first kappa shape index (κ1) is 13.9. The largest absolute Gasteiger partial charge is 0.311 e. The van der Waals surface area contributed by atoms with Gasteiger partial charge in [-0.3, -0.25) is 14.9 Å². The van der Waals surface area contributed by atoms with Crippen LogP contribution in [0, 0.1) is 10.1 Å². The number of allylic oxidation sites excluding steroid dienone is 3. The third kappa shape index (κ3) is 3.99. The van der Waals surface area contributed by atoms with Crippen molar-refractivity contribution in [3.63, 3.8) is 0 Å². The van der Waals surface area contributed by atoms with E-state index in [0.717, 1.165) is 0 Å². The van der Waals surface area contributed by atoms with Crippen LogP contribution in [0.4, 0.5) is 11.5 Å². The van der Waals surface area contributed by atoms with Gasteiger partial charge in [-0.2, -0.15) is 0 Å². The normalized spacial score (nSPS) is 11.0. The summed E-state index contributed by atoms with van der Waals surface area (Å²) >= 11 is 5.62. The van der Waals surface area contributed by atoms with Gasteiger partial charge in [0.05, 0.1) is 4.92 Å². The van der Waals surface area contributed by atoms with Crippen LogP contribution in [0.15, 0.2) is 36.4 Å². The maximum atomic E-state index is 11.4. The molecule has 1 aromatic heterocycles. The Balaban J connectivity index is 2.92. The van der Waals surface area contributed by atoms with E-state index in [9.17, 15) is 14.9 Å². The van der Waals surface area contributed by atoms with Crippen molar-refractivity contribution in [3.05, 3.63) is 51.7 Å². The van der Waals surface area contributed by atoms with E-state index in [-0.39, 0.29) is 16.7 Å². The van der Waals surface area contributed by atoms with Crippen LogP contribution in [0.5, 0.6) is 0 Å². The van der Waals surface area contributed by atoms with Gasteiger partial charge in [0, 0.05) is 12.1 Å². The number of hydrogen-bond donors (Lipinski definition) is 1. The van der Waals surface area contributed by atoms with Crippen LogP contribution in [0.25, 0.3) is 0 Å². The summed E-state index contributed by atoms with van der Waals surface area (Å²) in [5.41, 5.74) is -0.313. The molecule has 0 aliphatic rings. The Kier molecular flexibility index (Phi) is 5.01. The third-order valence-corrected chi connectivity index (χ3v) is 2.04. The highest BCUT2D eigenvalue weighted by Crippen LogP contribution is 2.23. The number of carbonyl (C=O) groups is 1. The zero-order valence-corrected chi connectivity index (χ0v) is 10.2. The van der Waals surface area contributed by atoms with Gasteiger partial charge in [0.25, 0.3) is 0 Å². The van der Waals surface area contributed by atoms with Crippen molar-refractivity contribution in [3.8, 4) is 0 Å². The number of halogens is 1. The molecule has 18 heavy (non-hydrogen) atoms. The number of anilines is 1. The minimum Gasteiger partial charge on any atom is -0.301 e. The quantitative estimate of drug-likeness (QED) is 0.299. The molecule has 0 fully saturated rings. The second-order valence-corrected chi connectivity index (χ2v) is 3.52. The Morgan fingerprint density at radius 2 is 2.22 bits per heavy atom. The molecule has 1 aromatic rings. The van der Waals surface area contributed by atoms with Crippen LogP contribution in [0.1, 0.15) is 6.92 Å². The maximum absolute atomic E-state index is 11.4. The molecule has 94 valence electrons. The number of hydrogen-bond acceptors (Lipinski definition) is 4. The summed E-state index contributed by atoms with van der Waals surface area (Å²) in [4.78, 5) is 25.2. The van der Waals surface area contributed by atoms with Crippen LogP contribution in [-0.2, 0) is 4.79 Å². The topological polar surface area (TPSA) is 85.1 Å². The second-order valence-electron chi connectivity index (χ2n) is 3.13. The lowest BCUT2D eigenvalue weighted by molar-refractivity contribution is -0.384. The monoisotopic (exact) mass is 267 g/mol. The highest BCUT2D eigenvalue weighted by Gasteiger charge is 2.16. The van der Waals surface area contributed by atoms with E-state index in [2.05, 4.69) is 10.3 Å². The molecule has 6 nitrogen and oxygen atoms in total. The predicted octanol–water partition coefficient (Wildman–Crippen LogP) is 2.71. The van der Waals surface area contributed by atoms with Crippen molar-refractivity contribution in [2.45, 2.75) is 6.92 Å². The Labute approximate surface area is 108 Å². The summed E-state index contributed by atoms with van der Waals surface area (Å²) in [6.45, 7) is 1.80. The van der Waals surface area contributed by atoms with Gasteiger partial charge in [-0.25, -0.2) is 4.98 Å². The van der Waals surface area contributed by atoms with Crippen LogP contribution >= 0.6 is 11.6 Å². The number of nitrogens with zero attached hydrogens (tertiary/aromatic N) is 2. The zero-order valence-electron chi connectivity index (χ0n) is 9.46. The first-order chi connectivity index (χ1) is 8.54. The van der Waals surface area contributed by atoms with Gasteiger partial charge >= 0.3 is 5.69 Å². The average Bonchev–Trinajstić information content (AvgIpc) is 2.29. The lowest BCUT2D eigenvalue weighted by atomic mass is 10.3. The first-order valence-corrected chi connectivity index (χ1v) is 5.33. The average molecular weight is 268 g/mol. The molecule has 1 N–H and O–H groups in total. The fraction of sp³-hybridized carbons (Fsp3) is 0.0909. The van der Waals surface area contributed by atoms with Crippen molar-refractivity contribution in [2.24, 2.45) is 0 Å². The van der Waals surface area contributed by atoms with Gasteiger partial charge < -0.3 is 5.32 Å². The van der Waals surface area contributed by atoms with Crippen LogP contribution in [0.3, 0.4) is 0 Å². The van der Waals surface area contributed by atoms with Gasteiger partial charge in [0.1, 0.15) is 5.15 Å². The minimum absolute atomic E-state index is 0.0633. The number of pyridine rings is 1. The van der Waals surface area contributed by atoms with Crippen LogP contribution in [-0.4, -0.2) is 15.8 Å². The molecule has 0 radical (unpaired) electrons. The number of nitro groups is 1. The first-order valence-electron chi connectivity index (χ1n) is 4.96. The van der Waals surface area contributed by atoms with E-state index in [0.29, 0.717) is 0 Å². The molecule has 0 atom stereocenters. The number of nitrogens with one attached hydrogen (secondary N) is 1. The van der Waals surface area contributed by atoms with Crippen molar-refractivity contribution >= 4 is 29.0 Å². The smallest absolute Gasteiger partial charge is 0.301 e. The Hall–Kier alpha value is -2.21. The highest BCUT2D eigenvalue weighted by atomic mass is 35.5. The van der Waals surface area contributed by atoms with E-state index >= 15 is 0 Å². The SMILES string of the molecule is CC=CC=CC(=O)Nc1nc(Cl)ccc1[N+](=O)[O-]. The Morgan fingerprint density at radius 3 is 2.83 bits per heavy atom. The summed E-state index contributed by atoms with van der Waals surface area (Å²) in [7, 11) is 0. The van der Waals surface area contributed by atoms with E-state index in [1.54, 1.807) is 19.1 Å². The van der Waals surface area contributed by atoms with Crippen molar-refractivity contribution in [1.29, 1.82) is 0 Å². The Bertz CT molecular complexity index is 526. The zero-order chi connectivity index (χ0) is 13.5. The summed E-state index contributed by atoms with van der Waals surface area (Å²) in [6.07, 6.45) is 6.13. The van der Waals surface area contributed by atoms with E-state index < -0.39 is 10.8 Å². The lowest BCUT2D eigenvalue weighted by Crippen LogP contribution is -2.11. The number of aromatic nitrogens is 1. The molecule has 1 amide bonds. The summed E-state index contributed by atoms with van der Waals surface area (Å²) in [5.74, 6) is -0.700. The van der Waals surface area contributed by atoms with Crippen molar-refractivity contribution in [2.75, 3.05) is 5.32 Å². The van der Waals surface area contributed by atoms with Gasteiger partial charge in [-0.1, -0.05) is 29.8 Å². The molecule has 0 spiro atoms. The standard InChI is InChI=1S/C11H10ClN3O3/c1-2-3-4-5-10(16)14-11-8(15(17)18)6-7-9(12)13-11/h2-7H,1H3,(H,13,14,16). The third-order valence-electron chi connectivity index (χ3n) is 1.83. The fourth-order valence-electron chi connectivity index (χ4n) is 1.08. The maximum Gasteiger partial charge on any atom is 0.311 e. The number of amides is 1. The van der Waals surface area contributed by atoms with Crippen LogP contribution in [0.2, 0.25) is 5.15 Å². The van der Waals surface area contributed by atoms with Crippen molar-refractivity contribution < 1.29 is 9.72 Å². The molecular weight excluding hydrogens is 258 g/mol. The minimum atomic E-state index is -0.644. The van der Waals surface area contributed by atoms with E-state index in [1.165, 1.54) is 24.3 Å². The molecule has 0 unspecified atom stereocenters. The van der Waals surface area contributed by atoms with Crippen LogP contribution < -0.4 is 5.32 Å². The predicted molar refractivity (Wildman–Crippen MR) is 68.5 cm³/mol. The Morgan fingerprint density at radius 1 is 1.50 bits per heavy atom. The summed E-state index contributed by atoms with van der Waals surface area (Å²) < 4.78 is 0. The number of carbonyl (C=O) groups excluding carboxylic acids is 1. The van der Waals surface area contributed by atoms with Gasteiger partial charge in [0.15, 0.2) is 0 Å². The molecule has 7 heteroatoms. The molecular formula is C11H10ClN3O3. The number of rotatable bonds is 4. The van der Waals surface area contributed by atoms with Gasteiger partial charge in [0.2, 0.25) is 11.7 Å². The fourth-order valence-corrected chi connectivity index (χ4v) is 1.23. The van der Waals surface area contributed by atoms with Gasteiger partial charge in [-0.15, -0.1) is 0 Å². The van der Waals surface area contributed by atoms with E-state index in [4.69, 9.17) is 11.6 Å². The molecule has 1 rings (SSSR count). The molecule has 0 saturated heterocycles. The lowest BCUT2D eigenvalue weighted by Gasteiger charge is -2.02. The highest BCUT2D eigenvalue weighted by molar-refractivity contribution is 6.29. The summed E-state index contributed by atoms with van der Waals surface area (Å²) in [5, 5.41) is 13.1. The van der Waals surface area contributed by atoms with Gasteiger partial charge in [-0.05, 0) is 13.0 Å². The molecule has 1 heterocycles. The molecule has 0 aromatic carbocycles. The summed E-state index contributed by atoms with van der Waals surface area (Å²) in [6, 6.07) is 2.46.